The van der Waals surface area contributed by atoms with Crippen molar-refractivity contribution < 1.29 is 19.1 Å². The van der Waals surface area contributed by atoms with Crippen LogP contribution in [0, 0.1) is 11.3 Å². The first kappa shape index (κ1) is 18.1. The molecule has 0 aliphatic carbocycles. The smallest absolute Gasteiger partial charge is 0.340 e. The van der Waals surface area contributed by atoms with Gasteiger partial charge in [-0.1, -0.05) is 24.3 Å². The third-order valence-electron chi connectivity index (χ3n) is 4.14. The zero-order chi connectivity index (χ0) is 19.2. The van der Waals surface area contributed by atoms with Crippen LogP contribution in [0.3, 0.4) is 0 Å². The van der Waals surface area contributed by atoms with Gasteiger partial charge in [0.25, 0.3) is 5.91 Å². The highest BCUT2D eigenvalue weighted by Gasteiger charge is 2.26. The lowest BCUT2D eigenvalue weighted by Crippen LogP contribution is -2.27. The maximum absolute atomic E-state index is 12.4. The zero-order valence-corrected chi connectivity index (χ0v) is 14.5. The average molecular weight is 363 g/mol. The van der Waals surface area contributed by atoms with Crippen molar-refractivity contribution in [3.63, 3.8) is 0 Å². The quantitative estimate of drug-likeness (QED) is 0.823. The minimum Gasteiger partial charge on any atom is -0.452 e. The summed E-state index contributed by atoms with van der Waals surface area (Å²) in [5.41, 5.74) is 1.39. The standard InChI is InChI=1S/C20H17N3O4/c21-12-14-6-1-3-8-16(14)22-18(24)13-27-20(26)15-7-2-4-9-17(15)23-11-5-10-19(23)25/h1-4,6-9H,5,10-11,13H2,(H,22,24). The summed E-state index contributed by atoms with van der Waals surface area (Å²) in [6.45, 7) is 0.0510. The van der Waals surface area contributed by atoms with Gasteiger partial charge in [-0.25, -0.2) is 4.79 Å². The number of carbonyl (C=O) groups is 3. The van der Waals surface area contributed by atoms with Gasteiger partial charge in [0.15, 0.2) is 6.61 Å². The number of anilines is 2. The zero-order valence-electron chi connectivity index (χ0n) is 14.5. The van der Waals surface area contributed by atoms with Crippen molar-refractivity contribution in [2.24, 2.45) is 0 Å². The van der Waals surface area contributed by atoms with Crippen LogP contribution >= 0.6 is 0 Å². The summed E-state index contributed by atoms with van der Waals surface area (Å²) in [5.74, 6) is -1.28. The molecule has 0 spiro atoms. The van der Waals surface area contributed by atoms with Crippen molar-refractivity contribution in [1.29, 1.82) is 5.26 Å². The number of nitrogens with zero attached hydrogens (tertiary/aromatic N) is 2. The van der Waals surface area contributed by atoms with E-state index >= 15 is 0 Å². The van der Waals surface area contributed by atoms with Gasteiger partial charge < -0.3 is 15.0 Å². The molecular formula is C20H17N3O4. The first-order chi connectivity index (χ1) is 13.1. The molecule has 1 aliphatic rings. The molecule has 0 bridgehead atoms. The van der Waals surface area contributed by atoms with E-state index in [9.17, 15) is 14.4 Å². The summed E-state index contributed by atoms with van der Waals surface area (Å²) < 4.78 is 5.10. The molecule has 0 atom stereocenters. The van der Waals surface area contributed by atoms with Gasteiger partial charge in [0.1, 0.15) is 6.07 Å². The Balaban J connectivity index is 1.65. The third-order valence-corrected chi connectivity index (χ3v) is 4.14. The number of nitriles is 1. The Morgan fingerprint density at radius 1 is 1.15 bits per heavy atom. The second-order valence-electron chi connectivity index (χ2n) is 5.95. The number of benzene rings is 2. The molecule has 0 radical (unpaired) electrons. The minimum atomic E-state index is -0.686. The fourth-order valence-corrected chi connectivity index (χ4v) is 2.87. The van der Waals surface area contributed by atoms with Crippen LogP contribution in [-0.4, -0.2) is 30.9 Å². The first-order valence-electron chi connectivity index (χ1n) is 8.45. The molecule has 1 aliphatic heterocycles. The van der Waals surface area contributed by atoms with E-state index in [0.717, 1.165) is 6.42 Å². The van der Waals surface area contributed by atoms with Crippen LogP contribution in [-0.2, 0) is 14.3 Å². The molecule has 136 valence electrons. The molecule has 3 rings (SSSR count). The second kappa shape index (κ2) is 8.15. The Morgan fingerprint density at radius 2 is 1.89 bits per heavy atom. The Labute approximate surface area is 156 Å². The summed E-state index contributed by atoms with van der Waals surface area (Å²) in [5, 5.41) is 11.6. The number of esters is 1. The topological polar surface area (TPSA) is 99.5 Å². The average Bonchev–Trinajstić information content (AvgIpc) is 3.12. The Bertz CT molecular complexity index is 933. The van der Waals surface area contributed by atoms with Crippen LogP contribution in [0.25, 0.3) is 0 Å². The van der Waals surface area contributed by atoms with E-state index in [1.807, 2.05) is 6.07 Å². The molecule has 0 aromatic heterocycles. The molecule has 2 aromatic rings. The Kier molecular flexibility index (Phi) is 5.47. The van der Waals surface area contributed by atoms with Gasteiger partial charge in [-0.3, -0.25) is 9.59 Å². The summed E-state index contributed by atoms with van der Waals surface area (Å²) in [6.07, 6.45) is 1.19. The first-order valence-corrected chi connectivity index (χ1v) is 8.45. The van der Waals surface area contributed by atoms with Crippen molar-refractivity contribution in [3.05, 3.63) is 59.7 Å². The third kappa shape index (κ3) is 4.12. The normalized spacial score (nSPS) is 13.1. The van der Waals surface area contributed by atoms with Gasteiger partial charge in [0, 0.05) is 13.0 Å². The number of rotatable bonds is 5. The molecular weight excluding hydrogens is 346 g/mol. The molecule has 1 N–H and O–H groups in total. The summed E-state index contributed by atoms with van der Waals surface area (Å²) in [4.78, 5) is 38.0. The SMILES string of the molecule is N#Cc1ccccc1NC(=O)COC(=O)c1ccccc1N1CCCC1=O. The Morgan fingerprint density at radius 3 is 2.63 bits per heavy atom. The minimum absolute atomic E-state index is 0.0406. The summed E-state index contributed by atoms with van der Waals surface area (Å²) in [7, 11) is 0. The number of para-hydroxylation sites is 2. The van der Waals surface area contributed by atoms with Crippen LogP contribution in [0.5, 0.6) is 0 Å². The molecule has 0 unspecified atom stereocenters. The molecule has 2 amide bonds. The van der Waals surface area contributed by atoms with Gasteiger partial charge in [-0.05, 0) is 30.7 Å². The summed E-state index contributed by atoms with van der Waals surface area (Å²) in [6, 6.07) is 15.2. The Hall–Kier alpha value is -3.66. The monoisotopic (exact) mass is 363 g/mol. The molecule has 1 heterocycles. The molecule has 0 saturated carbocycles. The highest BCUT2D eigenvalue weighted by molar-refractivity contribution is 6.04. The van der Waals surface area contributed by atoms with Crippen molar-refractivity contribution >= 4 is 29.2 Å². The fourth-order valence-electron chi connectivity index (χ4n) is 2.87. The lowest BCUT2D eigenvalue weighted by Gasteiger charge is -2.18. The van der Waals surface area contributed by atoms with E-state index in [0.29, 0.717) is 29.9 Å². The molecule has 7 heteroatoms. The molecule has 2 aromatic carbocycles. The molecule has 1 saturated heterocycles. The number of nitrogens with one attached hydrogen (secondary N) is 1. The number of amides is 2. The maximum atomic E-state index is 12.4. The van der Waals surface area contributed by atoms with Crippen LogP contribution in [0.2, 0.25) is 0 Å². The number of hydrogen-bond donors (Lipinski definition) is 1. The molecule has 7 nitrogen and oxygen atoms in total. The van der Waals surface area contributed by atoms with Crippen molar-refractivity contribution in [3.8, 4) is 6.07 Å². The largest absolute Gasteiger partial charge is 0.452 e. The number of hydrogen-bond acceptors (Lipinski definition) is 5. The van der Waals surface area contributed by atoms with Crippen LogP contribution in [0.1, 0.15) is 28.8 Å². The van der Waals surface area contributed by atoms with Gasteiger partial charge in [-0.2, -0.15) is 5.26 Å². The van der Waals surface area contributed by atoms with Crippen LogP contribution < -0.4 is 10.2 Å². The van der Waals surface area contributed by atoms with Gasteiger partial charge in [0.05, 0.1) is 22.5 Å². The van der Waals surface area contributed by atoms with Crippen molar-refractivity contribution in [2.45, 2.75) is 12.8 Å². The van der Waals surface area contributed by atoms with E-state index in [-0.39, 0.29) is 11.5 Å². The van der Waals surface area contributed by atoms with Crippen LogP contribution in [0.4, 0.5) is 11.4 Å². The van der Waals surface area contributed by atoms with Crippen molar-refractivity contribution in [2.75, 3.05) is 23.4 Å². The maximum Gasteiger partial charge on any atom is 0.340 e. The molecule has 27 heavy (non-hydrogen) atoms. The number of carbonyl (C=O) groups excluding carboxylic acids is 3. The fraction of sp³-hybridized carbons (Fsp3) is 0.200. The molecule has 1 fully saturated rings. The lowest BCUT2D eigenvalue weighted by atomic mass is 10.1. The summed E-state index contributed by atoms with van der Waals surface area (Å²) >= 11 is 0. The van der Waals surface area contributed by atoms with Crippen LogP contribution in [0.15, 0.2) is 48.5 Å². The predicted molar refractivity (Wildman–Crippen MR) is 98.1 cm³/mol. The van der Waals surface area contributed by atoms with E-state index in [2.05, 4.69) is 5.32 Å². The second-order valence-corrected chi connectivity index (χ2v) is 5.95. The number of ether oxygens (including phenoxy) is 1. The van der Waals surface area contributed by atoms with E-state index in [1.165, 1.54) is 0 Å². The van der Waals surface area contributed by atoms with Gasteiger partial charge >= 0.3 is 5.97 Å². The van der Waals surface area contributed by atoms with Gasteiger partial charge in [-0.15, -0.1) is 0 Å². The highest BCUT2D eigenvalue weighted by atomic mass is 16.5. The van der Waals surface area contributed by atoms with Crippen molar-refractivity contribution in [1.82, 2.24) is 0 Å². The van der Waals surface area contributed by atoms with E-state index in [4.69, 9.17) is 10.00 Å². The van der Waals surface area contributed by atoms with Gasteiger partial charge in [0.2, 0.25) is 5.91 Å². The van der Waals surface area contributed by atoms with E-state index in [1.54, 1.807) is 53.4 Å². The highest BCUT2D eigenvalue weighted by Crippen LogP contribution is 2.26. The lowest BCUT2D eigenvalue weighted by molar-refractivity contribution is -0.119. The predicted octanol–water partition coefficient (Wildman–Crippen LogP) is 2.48. The van der Waals surface area contributed by atoms with E-state index < -0.39 is 18.5 Å².